The van der Waals surface area contributed by atoms with E-state index in [1.54, 1.807) is 24.3 Å². The van der Waals surface area contributed by atoms with Gasteiger partial charge in [0.1, 0.15) is 5.75 Å². The zero-order valence-electron chi connectivity index (χ0n) is 13.5. The molecule has 0 aliphatic rings. The maximum atomic E-state index is 12.0. The number of benzene rings is 2. The lowest BCUT2D eigenvalue weighted by Crippen LogP contribution is -2.22. The van der Waals surface area contributed by atoms with Gasteiger partial charge in [0, 0.05) is 24.3 Å². The molecular weight excluding hydrogens is 432 g/mol. The van der Waals surface area contributed by atoms with Crippen molar-refractivity contribution in [3.63, 3.8) is 0 Å². The summed E-state index contributed by atoms with van der Waals surface area (Å²) in [7, 11) is -0.720. The normalized spacial score (nSPS) is 11.4. The Hall–Kier alpha value is -1.61. The third-order valence-electron chi connectivity index (χ3n) is 3.17. The first-order chi connectivity index (χ1) is 11.7. The summed E-state index contributed by atoms with van der Waals surface area (Å²) in [5.41, 5.74) is 0.635. The summed E-state index contributed by atoms with van der Waals surface area (Å²) in [6.07, 6.45) is 0. The van der Waals surface area contributed by atoms with Gasteiger partial charge in [-0.1, -0.05) is 27.5 Å². The van der Waals surface area contributed by atoms with Gasteiger partial charge in [-0.2, -0.15) is 0 Å². The van der Waals surface area contributed by atoms with Crippen molar-refractivity contribution in [2.45, 2.75) is 4.90 Å². The molecule has 0 unspecified atom stereocenters. The van der Waals surface area contributed by atoms with Crippen LogP contribution in [0.4, 0.5) is 5.69 Å². The number of hydrogen-bond acceptors (Lipinski definition) is 4. The maximum Gasteiger partial charge on any atom is 0.262 e. The van der Waals surface area contributed by atoms with Crippen molar-refractivity contribution >= 4 is 49.1 Å². The van der Waals surface area contributed by atoms with Gasteiger partial charge in [0.25, 0.3) is 5.91 Å². The summed E-state index contributed by atoms with van der Waals surface area (Å²) in [5.74, 6) is -0.131. The number of hydrogen-bond donors (Lipinski definition) is 1. The van der Waals surface area contributed by atoms with Crippen LogP contribution >= 0.6 is 27.5 Å². The highest BCUT2D eigenvalue weighted by Gasteiger charge is 2.19. The predicted molar refractivity (Wildman–Crippen MR) is 101 cm³/mol. The van der Waals surface area contributed by atoms with Gasteiger partial charge in [-0.25, -0.2) is 12.7 Å². The highest BCUT2D eigenvalue weighted by Crippen LogP contribution is 2.28. The molecule has 134 valence electrons. The van der Waals surface area contributed by atoms with E-state index in [1.165, 1.54) is 32.3 Å². The molecule has 0 saturated heterocycles. The highest BCUT2D eigenvalue weighted by atomic mass is 79.9. The lowest BCUT2D eigenvalue weighted by molar-refractivity contribution is -0.118. The van der Waals surface area contributed by atoms with Crippen LogP contribution in [0.25, 0.3) is 0 Å². The molecule has 2 rings (SSSR count). The van der Waals surface area contributed by atoms with Gasteiger partial charge < -0.3 is 10.1 Å². The van der Waals surface area contributed by atoms with Crippen LogP contribution in [0, 0.1) is 0 Å². The smallest absolute Gasteiger partial charge is 0.262 e. The second kappa shape index (κ2) is 8.18. The Morgan fingerprint density at radius 2 is 1.84 bits per heavy atom. The molecule has 0 aliphatic carbocycles. The lowest BCUT2D eigenvalue weighted by atomic mass is 10.3. The van der Waals surface area contributed by atoms with E-state index in [9.17, 15) is 13.2 Å². The Balaban J connectivity index is 2.01. The summed E-state index contributed by atoms with van der Waals surface area (Å²) in [5, 5.41) is 2.79. The van der Waals surface area contributed by atoms with Crippen LogP contribution in [-0.2, 0) is 14.8 Å². The molecule has 6 nitrogen and oxygen atoms in total. The Kier molecular flexibility index (Phi) is 6.45. The summed E-state index contributed by atoms with van der Waals surface area (Å²) in [4.78, 5) is 12.0. The van der Waals surface area contributed by atoms with Crippen molar-refractivity contribution in [3.05, 3.63) is 52.0 Å². The minimum Gasteiger partial charge on any atom is -0.482 e. The number of nitrogens with zero attached hydrogens (tertiary/aromatic N) is 1. The van der Waals surface area contributed by atoms with Gasteiger partial charge >= 0.3 is 0 Å². The highest BCUT2D eigenvalue weighted by molar-refractivity contribution is 9.10. The largest absolute Gasteiger partial charge is 0.482 e. The molecule has 0 saturated carbocycles. The SMILES string of the molecule is CN(C)S(=O)(=O)c1ccc(OCC(=O)Nc2ccc(Br)cc2)c(Cl)c1. The number of carbonyl (C=O) groups is 1. The maximum absolute atomic E-state index is 12.0. The number of halogens is 2. The Morgan fingerprint density at radius 1 is 1.20 bits per heavy atom. The minimum atomic E-state index is -3.58. The van der Waals surface area contributed by atoms with Gasteiger partial charge in [0.15, 0.2) is 6.61 Å². The number of anilines is 1. The van der Waals surface area contributed by atoms with Crippen molar-refractivity contribution in [2.75, 3.05) is 26.0 Å². The number of nitrogens with one attached hydrogen (secondary N) is 1. The summed E-state index contributed by atoms with van der Waals surface area (Å²) in [6, 6.07) is 11.2. The molecule has 0 atom stereocenters. The topological polar surface area (TPSA) is 75.7 Å². The van der Waals surface area contributed by atoms with Gasteiger partial charge in [0.2, 0.25) is 10.0 Å². The summed E-state index contributed by atoms with van der Waals surface area (Å²) < 4.78 is 31.4. The van der Waals surface area contributed by atoms with E-state index in [0.717, 1.165) is 8.78 Å². The predicted octanol–water partition coefficient (Wildman–Crippen LogP) is 3.37. The zero-order valence-corrected chi connectivity index (χ0v) is 16.7. The second-order valence-corrected chi connectivity index (χ2v) is 8.70. The minimum absolute atomic E-state index is 0.0502. The molecule has 9 heteroatoms. The fourth-order valence-corrected chi connectivity index (χ4v) is 3.34. The van der Waals surface area contributed by atoms with Crippen molar-refractivity contribution in [1.29, 1.82) is 0 Å². The quantitative estimate of drug-likeness (QED) is 0.737. The number of rotatable bonds is 6. The van der Waals surface area contributed by atoms with E-state index >= 15 is 0 Å². The molecule has 2 aromatic carbocycles. The summed E-state index contributed by atoms with van der Waals surface area (Å²) in [6.45, 7) is -0.254. The molecule has 0 spiro atoms. The average molecular weight is 448 g/mol. The van der Waals surface area contributed by atoms with E-state index in [2.05, 4.69) is 21.2 Å². The van der Waals surface area contributed by atoms with Crippen LogP contribution < -0.4 is 10.1 Å². The average Bonchev–Trinajstić information content (AvgIpc) is 2.55. The van der Waals surface area contributed by atoms with Gasteiger partial charge in [-0.15, -0.1) is 0 Å². The molecule has 0 bridgehead atoms. The molecule has 1 N–H and O–H groups in total. The Morgan fingerprint density at radius 3 is 2.40 bits per heavy atom. The van der Waals surface area contributed by atoms with Crippen LogP contribution in [0.15, 0.2) is 51.8 Å². The van der Waals surface area contributed by atoms with E-state index in [-0.39, 0.29) is 28.2 Å². The second-order valence-electron chi connectivity index (χ2n) is 5.22. The first-order valence-corrected chi connectivity index (χ1v) is 9.71. The molecule has 0 aromatic heterocycles. The van der Waals surface area contributed by atoms with E-state index in [0.29, 0.717) is 5.69 Å². The monoisotopic (exact) mass is 446 g/mol. The lowest BCUT2D eigenvalue weighted by Gasteiger charge is -2.13. The fraction of sp³-hybridized carbons (Fsp3) is 0.188. The molecule has 0 radical (unpaired) electrons. The molecule has 0 heterocycles. The van der Waals surface area contributed by atoms with Gasteiger partial charge in [-0.3, -0.25) is 4.79 Å². The first kappa shape index (κ1) is 19.7. The standard InChI is InChI=1S/C16H16BrClN2O4S/c1-20(2)25(22,23)13-7-8-15(14(18)9-13)24-10-16(21)19-12-5-3-11(17)4-6-12/h3-9H,10H2,1-2H3,(H,19,21). The van der Waals surface area contributed by atoms with Crippen molar-refractivity contribution in [3.8, 4) is 5.75 Å². The van der Waals surface area contributed by atoms with Gasteiger partial charge in [0.05, 0.1) is 9.92 Å². The van der Waals surface area contributed by atoms with Crippen LogP contribution in [0.5, 0.6) is 5.75 Å². The van der Waals surface area contributed by atoms with Crippen LogP contribution in [-0.4, -0.2) is 39.3 Å². The number of amides is 1. The van der Waals surface area contributed by atoms with E-state index < -0.39 is 10.0 Å². The van der Waals surface area contributed by atoms with Crippen LogP contribution in [0.2, 0.25) is 5.02 Å². The molecule has 0 aliphatic heterocycles. The molecule has 25 heavy (non-hydrogen) atoms. The number of sulfonamides is 1. The zero-order chi connectivity index (χ0) is 18.6. The van der Waals surface area contributed by atoms with E-state index in [4.69, 9.17) is 16.3 Å². The number of carbonyl (C=O) groups excluding carboxylic acids is 1. The third-order valence-corrected chi connectivity index (χ3v) is 5.80. The van der Waals surface area contributed by atoms with Crippen molar-refractivity contribution in [1.82, 2.24) is 4.31 Å². The summed E-state index contributed by atoms with van der Waals surface area (Å²) >= 11 is 9.37. The van der Waals surface area contributed by atoms with E-state index in [1.807, 2.05) is 0 Å². The van der Waals surface area contributed by atoms with Crippen LogP contribution in [0.3, 0.4) is 0 Å². The Bertz CT molecular complexity index is 870. The van der Waals surface area contributed by atoms with Gasteiger partial charge in [-0.05, 0) is 42.5 Å². The van der Waals surface area contributed by atoms with Crippen LogP contribution in [0.1, 0.15) is 0 Å². The number of ether oxygens (including phenoxy) is 1. The van der Waals surface area contributed by atoms with Crippen molar-refractivity contribution < 1.29 is 17.9 Å². The first-order valence-electron chi connectivity index (χ1n) is 7.10. The Labute approximate surface area is 159 Å². The fourth-order valence-electron chi connectivity index (χ4n) is 1.84. The van der Waals surface area contributed by atoms with Crippen molar-refractivity contribution in [2.24, 2.45) is 0 Å². The third kappa shape index (κ3) is 5.18. The molecule has 0 fully saturated rings. The molecule has 2 aromatic rings. The molecule has 1 amide bonds. The molecular formula is C16H16BrClN2O4S.